The van der Waals surface area contributed by atoms with Crippen LogP contribution in [-0.2, 0) is 4.79 Å². The second-order valence-corrected chi connectivity index (χ2v) is 4.98. The highest BCUT2D eigenvalue weighted by Gasteiger charge is 2.10. The summed E-state index contributed by atoms with van der Waals surface area (Å²) in [6, 6.07) is 20.3. The molecule has 1 heterocycles. The van der Waals surface area contributed by atoms with Crippen molar-refractivity contribution in [2.75, 3.05) is 5.32 Å². The average molecular weight is 304 g/mol. The number of benzene rings is 2. The van der Waals surface area contributed by atoms with Gasteiger partial charge in [-0.1, -0.05) is 24.3 Å². The van der Waals surface area contributed by atoms with Crippen LogP contribution in [0.2, 0.25) is 0 Å². The van der Waals surface area contributed by atoms with Gasteiger partial charge in [0, 0.05) is 18.1 Å². The van der Waals surface area contributed by atoms with Gasteiger partial charge in [-0.25, -0.2) is 0 Å². The molecule has 0 fully saturated rings. The van der Waals surface area contributed by atoms with E-state index >= 15 is 0 Å². The zero-order valence-electron chi connectivity index (χ0n) is 12.4. The van der Waals surface area contributed by atoms with Gasteiger partial charge in [0.2, 0.25) is 0 Å². The molecule has 1 unspecified atom stereocenters. The van der Waals surface area contributed by atoms with Crippen molar-refractivity contribution in [3.05, 3.63) is 84.7 Å². The van der Waals surface area contributed by atoms with E-state index in [-0.39, 0.29) is 0 Å². The van der Waals surface area contributed by atoms with Crippen LogP contribution in [0.3, 0.4) is 0 Å². The van der Waals surface area contributed by atoms with Crippen LogP contribution in [-0.4, -0.2) is 11.3 Å². The minimum absolute atomic E-state index is 0.426. The highest BCUT2D eigenvalue weighted by molar-refractivity contribution is 5.67. The van der Waals surface area contributed by atoms with Crippen molar-refractivity contribution in [3.8, 4) is 11.5 Å². The van der Waals surface area contributed by atoms with E-state index in [9.17, 15) is 4.79 Å². The number of aldehydes is 1. The van der Waals surface area contributed by atoms with E-state index in [2.05, 4.69) is 10.3 Å². The van der Waals surface area contributed by atoms with Crippen LogP contribution >= 0.6 is 0 Å². The Hall–Kier alpha value is -3.14. The Morgan fingerprint density at radius 3 is 2.30 bits per heavy atom. The van der Waals surface area contributed by atoms with E-state index in [1.54, 1.807) is 12.4 Å². The number of nitrogens with one attached hydrogen (secondary N) is 1. The number of carbonyl (C=O) groups is 1. The van der Waals surface area contributed by atoms with Crippen LogP contribution in [0, 0.1) is 0 Å². The summed E-state index contributed by atoms with van der Waals surface area (Å²) in [6.45, 7) is 0. The lowest BCUT2D eigenvalue weighted by Crippen LogP contribution is -2.12. The maximum atomic E-state index is 11.3. The highest BCUT2D eigenvalue weighted by atomic mass is 16.5. The number of carbonyl (C=O) groups excluding carboxylic acids is 1. The number of nitrogens with zero attached hydrogens (tertiary/aromatic N) is 1. The van der Waals surface area contributed by atoms with Crippen molar-refractivity contribution in [3.63, 3.8) is 0 Å². The Bertz CT molecular complexity index is 743. The van der Waals surface area contributed by atoms with E-state index < -0.39 is 6.04 Å². The summed E-state index contributed by atoms with van der Waals surface area (Å²) in [5, 5.41) is 3.17. The van der Waals surface area contributed by atoms with Gasteiger partial charge in [0.05, 0.1) is 0 Å². The number of aromatic nitrogens is 1. The van der Waals surface area contributed by atoms with Gasteiger partial charge in [-0.2, -0.15) is 0 Å². The van der Waals surface area contributed by atoms with Gasteiger partial charge >= 0.3 is 0 Å². The van der Waals surface area contributed by atoms with E-state index in [1.807, 2.05) is 66.7 Å². The smallest absolute Gasteiger partial charge is 0.146 e. The topological polar surface area (TPSA) is 51.2 Å². The van der Waals surface area contributed by atoms with E-state index in [0.717, 1.165) is 29.0 Å². The first kappa shape index (κ1) is 14.8. The van der Waals surface area contributed by atoms with Crippen molar-refractivity contribution in [1.82, 2.24) is 4.98 Å². The molecular formula is C19H16N2O2. The molecule has 4 heteroatoms. The molecule has 1 N–H and O–H groups in total. The number of hydrogen-bond donors (Lipinski definition) is 1. The summed E-state index contributed by atoms with van der Waals surface area (Å²) in [6.07, 6.45) is 4.23. The largest absolute Gasteiger partial charge is 0.457 e. The van der Waals surface area contributed by atoms with Gasteiger partial charge in [-0.05, 0) is 48.0 Å². The molecule has 0 radical (unpaired) electrons. The quantitative estimate of drug-likeness (QED) is 0.693. The molecule has 0 spiro atoms. The third kappa shape index (κ3) is 3.95. The molecule has 3 rings (SSSR count). The molecule has 1 atom stereocenters. The van der Waals surface area contributed by atoms with Crippen LogP contribution in [0.5, 0.6) is 11.5 Å². The van der Waals surface area contributed by atoms with Gasteiger partial charge in [-0.3, -0.25) is 4.98 Å². The number of ether oxygens (including phenoxy) is 1. The predicted octanol–water partition coefficient (Wildman–Crippen LogP) is 4.23. The molecule has 0 aliphatic heterocycles. The summed E-state index contributed by atoms with van der Waals surface area (Å²) < 4.78 is 5.74. The summed E-state index contributed by atoms with van der Waals surface area (Å²) in [7, 11) is 0. The molecule has 0 amide bonds. The van der Waals surface area contributed by atoms with Gasteiger partial charge in [-0.15, -0.1) is 0 Å². The summed E-state index contributed by atoms with van der Waals surface area (Å²) in [4.78, 5) is 15.3. The van der Waals surface area contributed by atoms with Crippen LogP contribution < -0.4 is 10.1 Å². The first-order valence-corrected chi connectivity index (χ1v) is 7.30. The van der Waals surface area contributed by atoms with Gasteiger partial charge in [0.15, 0.2) is 0 Å². The van der Waals surface area contributed by atoms with Crippen LogP contribution in [0.25, 0.3) is 0 Å². The average Bonchev–Trinajstić information content (AvgIpc) is 2.63. The zero-order valence-corrected chi connectivity index (χ0v) is 12.4. The second-order valence-electron chi connectivity index (χ2n) is 4.98. The Kier molecular flexibility index (Phi) is 4.64. The molecule has 0 saturated carbocycles. The normalized spacial score (nSPS) is 11.5. The molecule has 4 nitrogen and oxygen atoms in total. The molecule has 23 heavy (non-hydrogen) atoms. The van der Waals surface area contributed by atoms with Crippen molar-refractivity contribution in [1.29, 1.82) is 0 Å². The van der Waals surface area contributed by atoms with Gasteiger partial charge < -0.3 is 14.8 Å². The fourth-order valence-electron chi connectivity index (χ4n) is 2.18. The molecule has 0 saturated heterocycles. The second kappa shape index (κ2) is 7.22. The lowest BCUT2D eigenvalue weighted by atomic mass is 10.1. The predicted molar refractivity (Wildman–Crippen MR) is 89.6 cm³/mol. The number of rotatable bonds is 6. The fraction of sp³-hybridized carbons (Fsp3) is 0.0526. The van der Waals surface area contributed by atoms with Crippen LogP contribution in [0.1, 0.15) is 11.6 Å². The molecule has 1 aromatic heterocycles. The lowest BCUT2D eigenvalue weighted by molar-refractivity contribution is -0.108. The fourth-order valence-corrected chi connectivity index (χ4v) is 2.18. The Morgan fingerprint density at radius 2 is 1.65 bits per heavy atom. The highest BCUT2D eigenvalue weighted by Crippen LogP contribution is 2.24. The summed E-state index contributed by atoms with van der Waals surface area (Å²) in [5.74, 6) is 1.53. The molecule has 2 aromatic carbocycles. The van der Waals surface area contributed by atoms with E-state index in [1.165, 1.54) is 0 Å². The van der Waals surface area contributed by atoms with Crippen molar-refractivity contribution in [2.24, 2.45) is 0 Å². The molecule has 0 aliphatic rings. The van der Waals surface area contributed by atoms with E-state index in [0.29, 0.717) is 0 Å². The minimum atomic E-state index is -0.426. The number of pyridine rings is 1. The van der Waals surface area contributed by atoms with Crippen LogP contribution in [0.4, 0.5) is 5.69 Å². The Balaban J connectivity index is 1.68. The monoisotopic (exact) mass is 304 g/mol. The van der Waals surface area contributed by atoms with Gasteiger partial charge in [0.1, 0.15) is 23.8 Å². The third-order valence-corrected chi connectivity index (χ3v) is 3.34. The number of anilines is 1. The zero-order chi connectivity index (χ0) is 15.9. The number of para-hydroxylation sites is 1. The Morgan fingerprint density at radius 1 is 0.913 bits per heavy atom. The molecule has 0 aliphatic carbocycles. The van der Waals surface area contributed by atoms with Crippen molar-refractivity contribution < 1.29 is 9.53 Å². The molecule has 114 valence electrons. The first-order valence-electron chi connectivity index (χ1n) is 7.30. The number of hydrogen-bond acceptors (Lipinski definition) is 4. The molecule has 3 aromatic rings. The van der Waals surface area contributed by atoms with Crippen LogP contribution in [0.15, 0.2) is 79.1 Å². The van der Waals surface area contributed by atoms with E-state index in [4.69, 9.17) is 4.74 Å². The summed E-state index contributed by atoms with van der Waals surface area (Å²) >= 11 is 0. The molecular weight excluding hydrogens is 288 g/mol. The van der Waals surface area contributed by atoms with Crippen molar-refractivity contribution in [2.45, 2.75) is 6.04 Å². The molecule has 0 bridgehead atoms. The first-order chi connectivity index (χ1) is 11.3. The standard InChI is InChI=1S/C19H16N2O2/c22-14-19(15-5-4-12-20-13-15)21-16-8-10-18(11-9-16)23-17-6-2-1-3-7-17/h1-14,19,21H. The lowest BCUT2D eigenvalue weighted by Gasteiger charge is -2.14. The summed E-state index contributed by atoms with van der Waals surface area (Å²) in [5.41, 5.74) is 1.67. The maximum Gasteiger partial charge on any atom is 0.146 e. The Labute approximate surface area is 134 Å². The van der Waals surface area contributed by atoms with Gasteiger partial charge in [0.25, 0.3) is 0 Å². The third-order valence-electron chi connectivity index (χ3n) is 3.34. The minimum Gasteiger partial charge on any atom is -0.457 e. The SMILES string of the molecule is O=CC(Nc1ccc(Oc2ccccc2)cc1)c1cccnc1. The van der Waals surface area contributed by atoms with Crippen molar-refractivity contribution >= 4 is 12.0 Å². The maximum absolute atomic E-state index is 11.3.